The first-order valence-corrected chi connectivity index (χ1v) is 4.95. The van der Waals surface area contributed by atoms with E-state index < -0.39 is 12.6 Å². The van der Waals surface area contributed by atoms with Gasteiger partial charge in [0.05, 0.1) is 6.42 Å². The number of piperidine rings is 1. The van der Waals surface area contributed by atoms with Crippen molar-refractivity contribution in [1.82, 2.24) is 4.90 Å². The van der Waals surface area contributed by atoms with Gasteiger partial charge in [0, 0.05) is 18.6 Å². The Bertz CT molecular complexity index is 181. The zero-order valence-electron chi connectivity index (χ0n) is 8.35. The van der Waals surface area contributed by atoms with Gasteiger partial charge < -0.3 is 10.6 Å². The lowest BCUT2D eigenvalue weighted by Gasteiger charge is -2.36. The lowest BCUT2D eigenvalue weighted by Crippen LogP contribution is -2.46. The minimum Gasteiger partial charge on any atom is -0.328 e. The van der Waals surface area contributed by atoms with Gasteiger partial charge in [-0.25, -0.2) is 0 Å². The number of rotatable bonds is 2. The van der Waals surface area contributed by atoms with E-state index >= 15 is 0 Å². The first-order chi connectivity index (χ1) is 6.38. The highest BCUT2D eigenvalue weighted by Gasteiger charge is 2.30. The third-order valence-electron chi connectivity index (χ3n) is 2.74. The average molecular weight is 210 g/mol. The molecule has 1 fully saturated rings. The van der Waals surface area contributed by atoms with Crippen molar-refractivity contribution < 1.29 is 13.2 Å². The van der Waals surface area contributed by atoms with Crippen LogP contribution in [0.25, 0.3) is 0 Å². The number of halogens is 3. The van der Waals surface area contributed by atoms with E-state index in [1.54, 1.807) is 0 Å². The fourth-order valence-corrected chi connectivity index (χ4v) is 1.86. The maximum Gasteiger partial charge on any atom is 0.390 e. The molecule has 0 aliphatic carbocycles. The lowest BCUT2D eigenvalue weighted by atomic mass is 9.99. The Morgan fingerprint density at radius 2 is 2.07 bits per heavy atom. The molecular weight excluding hydrogens is 193 g/mol. The van der Waals surface area contributed by atoms with Crippen LogP contribution in [-0.4, -0.2) is 36.2 Å². The van der Waals surface area contributed by atoms with E-state index in [9.17, 15) is 13.2 Å². The molecule has 0 aromatic carbocycles. The summed E-state index contributed by atoms with van der Waals surface area (Å²) in [6.07, 6.45) is -3.15. The summed E-state index contributed by atoms with van der Waals surface area (Å²) < 4.78 is 35.9. The largest absolute Gasteiger partial charge is 0.390 e. The molecule has 1 rings (SSSR count). The molecule has 0 bridgehead atoms. The quantitative estimate of drug-likeness (QED) is 0.752. The van der Waals surface area contributed by atoms with Gasteiger partial charge in [-0.15, -0.1) is 0 Å². The molecule has 84 valence electrons. The molecule has 2 N–H and O–H groups in total. The van der Waals surface area contributed by atoms with Gasteiger partial charge in [0.25, 0.3) is 0 Å². The standard InChI is InChI=1S/C9H17F3N2/c1-7-6-8(13)2-4-14(7)5-3-9(10,11)12/h7-8H,2-6,13H2,1H3. The first-order valence-electron chi connectivity index (χ1n) is 4.95. The number of nitrogens with two attached hydrogens (primary N) is 1. The van der Waals surface area contributed by atoms with Gasteiger partial charge in [-0.3, -0.25) is 0 Å². The van der Waals surface area contributed by atoms with Gasteiger partial charge in [0.1, 0.15) is 0 Å². The zero-order chi connectivity index (χ0) is 10.8. The Morgan fingerprint density at radius 1 is 1.43 bits per heavy atom. The third-order valence-corrected chi connectivity index (χ3v) is 2.74. The monoisotopic (exact) mass is 210 g/mol. The second-order valence-corrected chi connectivity index (χ2v) is 4.03. The maximum absolute atomic E-state index is 12.0. The van der Waals surface area contributed by atoms with Crippen LogP contribution in [0, 0.1) is 0 Å². The van der Waals surface area contributed by atoms with E-state index in [1.165, 1.54) is 0 Å². The molecule has 0 amide bonds. The van der Waals surface area contributed by atoms with Crippen molar-refractivity contribution in [2.75, 3.05) is 13.1 Å². The second kappa shape index (κ2) is 4.49. The van der Waals surface area contributed by atoms with Gasteiger partial charge in [-0.2, -0.15) is 13.2 Å². The van der Waals surface area contributed by atoms with Crippen LogP contribution in [-0.2, 0) is 0 Å². The predicted molar refractivity (Wildman–Crippen MR) is 48.9 cm³/mol. The summed E-state index contributed by atoms with van der Waals surface area (Å²) >= 11 is 0. The number of likely N-dealkylation sites (tertiary alicyclic amines) is 1. The molecule has 0 aromatic heterocycles. The summed E-state index contributed by atoms with van der Waals surface area (Å²) in [5, 5.41) is 0. The maximum atomic E-state index is 12.0. The zero-order valence-corrected chi connectivity index (χ0v) is 8.35. The summed E-state index contributed by atoms with van der Waals surface area (Å²) in [6.45, 7) is 2.74. The number of nitrogens with zero attached hydrogens (tertiary/aromatic N) is 1. The lowest BCUT2D eigenvalue weighted by molar-refractivity contribution is -0.139. The summed E-state index contributed by atoms with van der Waals surface area (Å²) in [4.78, 5) is 1.87. The molecule has 5 heteroatoms. The molecule has 14 heavy (non-hydrogen) atoms. The summed E-state index contributed by atoms with van der Waals surface area (Å²) in [5.41, 5.74) is 5.72. The highest BCUT2D eigenvalue weighted by atomic mass is 19.4. The number of alkyl halides is 3. The van der Waals surface area contributed by atoms with Gasteiger partial charge >= 0.3 is 6.18 Å². The van der Waals surface area contributed by atoms with Crippen molar-refractivity contribution in [2.45, 2.75) is 44.4 Å². The van der Waals surface area contributed by atoms with E-state index in [1.807, 2.05) is 11.8 Å². The minimum atomic E-state index is -4.04. The van der Waals surface area contributed by atoms with Crippen LogP contribution in [0.3, 0.4) is 0 Å². The topological polar surface area (TPSA) is 29.3 Å². The number of hydrogen-bond acceptors (Lipinski definition) is 2. The smallest absolute Gasteiger partial charge is 0.328 e. The van der Waals surface area contributed by atoms with Crippen molar-refractivity contribution in [3.63, 3.8) is 0 Å². The molecule has 2 atom stereocenters. The van der Waals surface area contributed by atoms with Crippen molar-refractivity contribution in [3.8, 4) is 0 Å². The van der Waals surface area contributed by atoms with Crippen LogP contribution >= 0.6 is 0 Å². The minimum absolute atomic E-state index is 0.109. The normalized spacial score (nSPS) is 30.6. The molecule has 1 aliphatic heterocycles. The van der Waals surface area contributed by atoms with E-state index in [0.717, 1.165) is 12.8 Å². The van der Waals surface area contributed by atoms with Crippen LogP contribution < -0.4 is 5.73 Å². The summed E-state index contributed by atoms with van der Waals surface area (Å²) in [7, 11) is 0. The van der Waals surface area contributed by atoms with Crippen molar-refractivity contribution in [1.29, 1.82) is 0 Å². The molecule has 0 aromatic rings. The van der Waals surface area contributed by atoms with Gasteiger partial charge in [0.2, 0.25) is 0 Å². The molecule has 0 saturated carbocycles. The van der Waals surface area contributed by atoms with Crippen LogP contribution in [0.15, 0.2) is 0 Å². The molecule has 2 nitrogen and oxygen atoms in total. The van der Waals surface area contributed by atoms with Crippen molar-refractivity contribution >= 4 is 0 Å². The van der Waals surface area contributed by atoms with Crippen LogP contribution in [0.2, 0.25) is 0 Å². The molecule has 1 heterocycles. The van der Waals surface area contributed by atoms with Crippen LogP contribution in [0.5, 0.6) is 0 Å². The van der Waals surface area contributed by atoms with Crippen molar-refractivity contribution in [3.05, 3.63) is 0 Å². The van der Waals surface area contributed by atoms with Gasteiger partial charge in [-0.1, -0.05) is 0 Å². The fourth-order valence-electron chi connectivity index (χ4n) is 1.86. The first kappa shape index (κ1) is 11.8. The highest BCUT2D eigenvalue weighted by molar-refractivity contribution is 4.80. The molecular formula is C9H17F3N2. The summed E-state index contributed by atoms with van der Waals surface area (Å²) in [5.74, 6) is 0. The van der Waals surface area contributed by atoms with Crippen LogP contribution in [0.4, 0.5) is 13.2 Å². The second-order valence-electron chi connectivity index (χ2n) is 4.03. The highest BCUT2D eigenvalue weighted by Crippen LogP contribution is 2.22. The van der Waals surface area contributed by atoms with E-state index in [-0.39, 0.29) is 18.6 Å². The Kier molecular flexibility index (Phi) is 3.78. The Labute approximate surface area is 82.2 Å². The summed E-state index contributed by atoms with van der Waals surface area (Å²) in [6, 6.07) is 0.341. The van der Waals surface area contributed by atoms with Gasteiger partial charge in [-0.05, 0) is 26.3 Å². The molecule has 0 spiro atoms. The van der Waals surface area contributed by atoms with Crippen molar-refractivity contribution in [2.24, 2.45) is 5.73 Å². The molecule has 2 unspecified atom stereocenters. The predicted octanol–water partition coefficient (Wildman–Crippen LogP) is 1.75. The third kappa shape index (κ3) is 3.84. The molecule has 1 aliphatic rings. The Morgan fingerprint density at radius 3 is 2.57 bits per heavy atom. The Hall–Kier alpha value is -0.290. The van der Waals surface area contributed by atoms with Gasteiger partial charge in [0.15, 0.2) is 0 Å². The SMILES string of the molecule is CC1CC(N)CCN1CCC(F)(F)F. The molecule has 1 saturated heterocycles. The van der Waals surface area contributed by atoms with E-state index in [4.69, 9.17) is 5.73 Å². The van der Waals surface area contributed by atoms with E-state index in [2.05, 4.69) is 0 Å². The molecule has 0 radical (unpaired) electrons. The average Bonchev–Trinajstić information content (AvgIpc) is 2.00. The van der Waals surface area contributed by atoms with Crippen LogP contribution in [0.1, 0.15) is 26.2 Å². The Balaban J connectivity index is 2.31. The van der Waals surface area contributed by atoms with E-state index in [0.29, 0.717) is 6.54 Å². The number of hydrogen-bond donors (Lipinski definition) is 1. The fraction of sp³-hybridized carbons (Fsp3) is 1.00.